The van der Waals surface area contributed by atoms with Gasteiger partial charge >= 0.3 is 0 Å². The Kier molecular flexibility index (Phi) is 5.29. The molecule has 2 N–H and O–H groups in total. The fourth-order valence-electron chi connectivity index (χ4n) is 3.51. The van der Waals surface area contributed by atoms with Gasteiger partial charge in [-0.2, -0.15) is 0 Å². The molecule has 3 heteroatoms. The average molecular weight is 314 g/mol. The molecule has 22 heavy (non-hydrogen) atoms. The first-order valence-electron chi connectivity index (χ1n) is 8.27. The SMILES string of the molecule is Cc1ccc(CN2CCC(C(CN)c3cccs3)CC2)cc1. The molecule has 1 unspecified atom stereocenters. The summed E-state index contributed by atoms with van der Waals surface area (Å²) in [6, 6.07) is 13.3. The molecule has 3 rings (SSSR count). The van der Waals surface area contributed by atoms with Crippen LogP contribution in [0.1, 0.15) is 34.8 Å². The Bertz CT molecular complexity index is 554. The Labute approximate surface area is 138 Å². The average Bonchev–Trinajstić information content (AvgIpc) is 3.06. The van der Waals surface area contributed by atoms with E-state index in [1.165, 1.54) is 41.9 Å². The monoisotopic (exact) mass is 314 g/mol. The Balaban J connectivity index is 1.54. The van der Waals surface area contributed by atoms with Crippen LogP contribution in [0.5, 0.6) is 0 Å². The van der Waals surface area contributed by atoms with Crippen molar-refractivity contribution in [1.29, 1.82) is 0 Å². The highest BCUT2D eigenvalue weighted by molar-refractivity contribution is 7.10. The van der Waals surface area contributed by atoms with Gasteiger partial charge in [0.2, 0.25) is 0 Å². The lowest BCUT2D eigenvalue weighted by atomic mass is 9.83. The van der Waals surface area contributed by atoms with E-state index >= 15 is 0 Å². The molecule has 1 aromatic heterocycles. The lowest BCUT2D eigenvalue weighted by molar-refractivity contribution is 0.163. The lowest BCUT2D eigenvalue weighted by Gasteiger charge is -2.35. The van der Waals surface area contributed by atoms with Crippen molar-refractivity contribution in [1.82, 2.24) is 4.90 Å². The minimum Gasteiger partial charge on any atom is -0.330 e. The van der Waals surface area contributed by atoms with Crippen LogP contribution in [0.15, 0.2) is 41.8 Å². The van der Waals surface area contributed by atoms with Gasteiger partial charge in [-0.15, -0.1) is 11.3 Å². The zero-order chi connectivity index (χ0) is 15.4. The van der Waals surface area contributed by atoms with E-state index in [-0.39, 0.29) is 0 Å². The molecule has 0 saturated carbocycles. The third kappa shape index (κ3) is 3.78. The Morgan fingerprint density at radius 3 is 2.50 bits per heavy atom. The molecule has 1 aromatic carbocycles. The standard InChI is InChI=1S/C19H26N2S/c1-15-4-6-16(7-5-15)14-21-10-8-17(9-11-21)18(13-20)19-3-2-12-22-19/h2-7,12,17-18H,8-11,13-14,20H2,1H3. The van der Waals surface area contributed by atoms with Crippen LogP contribution in [0.2, 0.25) is 0 Å². The zero-order valence-electron chi connectivity index (χ0n) is 13.4. The zero-order valence-corrected chi connectivity index (χ0v) is 14.2. The maximum absolute atomic E-state index is 6.06. The molecule has 1 atom stereocenters. The van der Waals surface area contributed by atoms with Crippen LogP contribution in [-0.4, -0.2) is 24.5 Å². The first-order valence-corrected chi connectivity index (χ1v) is 9.15. The second kappa shape index (κ2) is 7.40. The molecule has 118 valence electrons. The van der Waals surface area contributed by atoms with Crippen LogP contribution in [0.3, 0.4) is 0 Å². The molecule has 1 fully saturated rings. The van der Waals surface area contributed by atoms with E-state index in [2.05, 4.69) is 53.6 Å². The Hall–Kier alpha value is -1.16. The van der Waals surface area contributed by atoms with Crippen molar-refractivity contribution in [3.8, 4) is 0 Å². The first-order chi connectivity index (χ1) is 10.8. The molecule has 2 aromatic rings. The van der Waals surface area contributed by atoms with Gasteiger partial charge < -0.3 is 5.73 Å². The van der Waals surface area contributed by atoms with Gasteiger partial charge in [0.15, 0.2) is 0 Å². The van der Waals surface area contributed by atoms with Crippen LogP contribution >= 0.6 is 11.3 Å². The van der Waals surface area contributed by atoms with E-state index in [1.54, 1.807) is 0 Å². The van der Waals surface area contributed by atoms with E-state index in [0.29, 0.717) is 5.92 Å². The number of thiophene rings is 1. The molecule has 2 heterocycles. The third-order valence-electron chi connectivity index (χ3n) is 4.89. The summed E-state index contributed by atoms with van der Waals surface area (Å²) >= 11 is 1.86. The van der Waals surface area contributed by atoms with Crippen molar-refractivity contribution in [2.75, 3.05) is 19.6 Å². The summed E-state index contributed by atoms with van der Waals surface area (Å²) in [5.74, 6) is 1.31. The molecule has 2 nitrogen and oxygen atoms in total. The van der Waals surface area contributed by atoms with E-state index in [1.807, 2.05) is 11.3 Å². The van der Waals surface area contributed by atoms with Crippen molar-refractivity contribution < 1.29 is 0 Å². The van der Waals surface area contributed by atoms with Gasteiger partial charge in [-0.3, -0.25) is 4.90 Å². The summed E-state index contributed by atoms with van der Waals surface area (Å²) < 4.78 is 0. The van der Waals surface area contributed by atoms with Crippen molar-refractivity contribution in [3.63, 3.8) is 0 Å². The molecule has 0 aliphatic carbocycles. The maximum Gasteiger partial charge on any atom is 0.0233 e. The molecule has 0 radical (unpaired) electrons. The molecular formula is C19H26N2S. The van der Waals surface area contributed by atoms with Gasteiger partial charge in [0.05, 0.1) is 0 Å². The van der Waals surface area contributed by atoms with Crippen molar-refractivity contribution in [3.05, 3.63) is 57.8 Å². The smallest absolute Gasteiger partial charge is 0.0233 e. The molecule has 0 amide bonds. The molecular weight excluding hydrogens is 288 g/mol. The number of nitrogens with two attached hydrogens (primary N) is 1. The van der Waals surface area contributed by atoms with Crippen LogP contribution < -0.4 is 5.73 Å². The van der Waals surface area contributed by atoms with E-state index in [4.69, 9.17) is 5.73 Å². The lowest BCUT2D eigenvalue weighted by Crippen LogP contribution is -2.36. The van der Waals surface area contributed by atoms with Gasteiger partial charge in [-0.25, -0.2) is 0 Å². The fraction of sp³-hybridized carbons (Fsp3) is 0.474. The van der Waals surface area contributed by atoms with Crippen LogP contribution in [0, 0.1) is 12.8 Å². The minimum absolute atomic E-state index is 0.557. The highest BCUT2D eigenvalue weighted by atomic mass is 32.1. The number of aryl methyl sites for hydroxylation is 1. The summed E-state index contributed by atoms with van der Waals surface area (Å²) in [6.07, 6.45) is 2.54. The van der Waals surface area contributed by atoms with Crippen molar-refractivity contribution in [2.24, 2.45) is 11.7 Å². The highest BCUT2D eigenvalue weighted by Crippen LogP contribution is 2.34. The summed E-state index contributed by atoms with van der Waals surface area (Å²) in [7, 11) is 0. The predicted molar refractivity (Wildman–Crippen MR) is 95.3 cm³/mol. The van der Waals surface area contributed by atoms with E-state index in [0.717, 1.165) is 19.0 Å². The first kappa shape index (κ1) is 15.7. The number of likely N-dealkylation sites (tertiary alicyclic amines) is 1. The second-order valence-corrected chi connectivity index (χ2v) is 7.44. The largest absolute Gasteiger partial charge is 0.330 e. The van der Waals surface area contributed by atoms with Gasteiger partial charge in [-0.1, -0.05) is 35.9 Å². The summed E-state index contributed by atoms with van der Waals surface area (Å²) in [6.45, 7) is 6.40. The number of rotatable bonds is 5. The summed E-state index contributed by atoms with van der Waals surface area (Å²) in [5.41, 5.74) is 8.83. The van der Waals surface area contributed by atoms with E-state index in [9.17, 15) is 0 Å². The number of nitrogens with zero attached hydrogens (tertiary/aromatic N) is 1. The number of benzene rings is 1. The normalized spacial score (nSPS) is 18.5. The van der Waals surface area contributed by atoms with Gasteiger partial charge in [0.25, 0.3) is 0 Å². The molecule has 0 spiro atoms. The molecule has 1 aliphatic heterocycles. The van der Waals surface area contributed by atoms with Crippen LogP contribution in [0.4, 0.5) is 0 Å². The second-order valence-electron chi connectivity index (χ2n) is 6.46. The Morgan fingerprint density at radius 1 is 1.18 bits per heavy atom. The summed E-state index contributed by atoms with van der Waals surface area (Å²) in [5, 5.41) is 2.17. The fourth-order valence-corrected chi connectivity index (χ4v) is 4.44. The Morgan fingerprint density at radius 2 is 1.91 bits per heavy atom. The van der Waals surface area contributed by atoms with Crippen LogP contribution in [-0.2, 0) is 6.54 Å². The van der Waals surface area contributed by atoms with Gasteiger partial charge in [0, 0.05) is 23.9 Å². The van der Waals surface area contributed by atoms with Gasteiger partial charge in [-0.05, 0) is 55.8 Å². The molecule has 1 aliphatic rings. The van der Waals surface area contributed by atoms with Crippen LogP contribution in [0.25, 0.3) is 0 Å². The molecule has 0 bridgehead atoms. The van der Waals surface area contributed by atoms with E-state index < -0.39 is 0 Å². The number of piperidine rings is 1. The number of hydrogen-bond donors (Lipinski definition) is 1. The van der Waals surface area contributed by atoms with Crippen molar-refractivity contribution >= 4 is 11.3 Å². The predicted octanol–water partition coefficient (Wildman–Crippen LogP) is 4.01. The van der Waals surface area contributed by atoms with Gasteiger partial charge in [0.1, 0.15) is 0 Å². The summed E-state index contributed by atoms with van der Waals surface area (Å²) in [4.78, 5) is 4.06. The third-order valence-corrected chi connectivity index (χ3v) is 5.89. The van der Waals surface area contributed by atoms with Crippen molar-refractivity contribution in [2.45, 2.75) is 32.2 Å². The highest BCUT2D eigenvalue weighted by Gasteiger charge is 2.27. The topological polar surface area (TPSA) is 29.3 Å². The minimum atomic E-state index is 0.557. The maximum atomic E-state index is 6.06. The number of hydrogen-bond acceptors (Lipinski definition) is 3. The quantitative estimate of drug-likeness (QED) is 0.903. The molecule has 1 saturated heterocycles.